The number of hydrogen-bond donors (Lipinski definition) is 0. The highest BCUT2D eigenvalue weighted by Gasteiger charge is 2.42. The van der Waals surface area contributed by atoms with Crippen molar-refractivity contribution in [3.05, 3.63) is 11.6 Å². The second-order valence-electron chi connectivity index (χ2n) is 9.61. The fourth-order valence-electron chi connectivity index (χ4n) is 2.00. The minimum absolute atomic E-state index is 0.0220. The fourth-order valence-corrected chi connectivity index (χ4v) is 4.09. The van der Waals surface area contributed by atoms with Crippen LogP contribution in [0.1, 0.15) is 34.6 Å². The number of carbonyl (C=O) groups is 2. The minimum atomic E-state index is -2.09. The van der Waals surface area contributed by atoms with Gasteiger partial charge in [-0.2, -0.15) is 0 Å². The molecule has 0 aromatic rings. The van der Waals surface area contributed by atoms with E-state index in [-0.39, 0.29) is 11.0 Å². The van der Waals surface area contributed by atoms with Crippen molar-refractivity contribution in [2.45, 2.75) is 84.5 Å². The van der Waals surface area contributed by atoms with Gasteiger partial charge < -0.3 is 9.16 Å². The summed E-state index contributed by atoms with van der Waals surface area (Å²) in [6.45, 7) is 21.7. The van der Waals surface area contributed by atoms with Crippen LogP contribution in [-0.2, 0) is 18.8 Å². The first-order valence-corrected chi connectivity index (χ1v) is 15.7. The van der Waals surface area contributed by atoms with Gasteiger partial charge in [-0.3, -0.25) is 9.59 Å². The maximum absolute atomic E-state index is 12.5. The number of hydrogen-bond acceptors (Lipinski definition) is 4. The van der Waals surface area contributed by atoms with Crippen LogP contribution in [0.25, 0.3) is 0 Å². The summed E-state index contributed by atoms with van der Waals surface area (Å²) in [5, 5.41) is 0.0220. The number of allylic oxidation sites excluding steroid dienone is 1. The molecule has 0 unspecified atom stereocenters. The zero-order valence-corrected chi connectivity index (χ0v) is 19.9. The van der Waals surface area contributed by atoms with Gasteiger partial charge in [-0.15, -0.1) is 0 Å². The number of ether oxygens (including phenoxy) is 1. The highest BCUT2D eigenvalue weighted by molar-refractivity contribution is 6.76. The van der Waals surface area contributed by atoms with Crippen LogP contribution in [-0.4, -0.2) is 41.4 Å². The Labute approximate surface area is 156 Å². The van der Waals surface area contributed by atoms with Crippen molar-refractivity contribution in [2.75, 3.05) is 6.61 Å². The lowest BCUT2D eigenvalue weighted by atomic mass is 9.98. The van der Waals surface area contributed by atoms with E-state index >= 15 is 0 Å². The van der Waals surface area contributed by atoms with Crippen LogP contribution >= 0.6 is 0 Å². The van der Waals surface area contributed by atoms with Gasteiger partial charge in [0.15, 0.2) is 8.32 Å². The molecular weight excluding hydrogens is 348 g/mol. The van der Waals surface area contributed by atoms with Crippen LogP contribution in [0.2, 0.25) is 43.8 Å². The van der Waals surface area contributed by atoms with Crippen molar-refractivity contribution in [2.24, 2.45) is 5.92 Å². The molecule has 0 amide bonds. The molecule has 0 rings (SSSR count). The third-order valence-electron chi connectivity index (χ3n) is 4.93. The number of carbonyl (C=O) groups excluding carboxylic acids is 2. The van der Waals surface area contributed by atoms with Crippen LogP contribution in [0.4, 0.5) is 0 Å². The smallest absolute Gasteiger partial charge is 0.311 e. The van der Waals surface area contributed by atoms with E-state index in [0.29, 0.717) is 6.61 Å². The van der Waals surface area contributed by atoms with Gasteiger partial charge in [-0.05, 0) is 49.7 Å². The van der Waals surface area contributed by atoms with Crippen molar-refractivity contribution in [3.63, 3.8) is 0 Å². The van der Waals surface area contributed by atoms with E-state index in [1.54, 1.807) is 0 Å². The first-order chi connectivity index (χ1) is 11.1. The molecule has 0 spiro atoms. The van der Waals surface area contributed by atoms with Crippen molar-refractivity contribution < 1.29 is 18.8 Å². The largest absolute Gasteiger partial charge is 0.466 e. The summed E-state index contributed by atoms with van der Waals surface area (Å²) in [6.07, 6.45) is 1.81. The fraction of sp³-hybridized carbons (Fsp3) is 0.789. The van der Waals surface area contributed by atoms with Crippen LogP contribution in [0.15, 0.2) is 11.6 Å². The van der Waals surface area contributed by atoms with E-state index in [2.05, 4.69) is 53.5 Å². The SMILES string of the molecule is C/C(=C\C=O)[C@H](O[Si](C)(C)C(C)(C)C)[C@H](C)C(=O)OCC[Si](C)(C)C. The second kappa shape index (κ2) is 9.28. The molecule has 0 aliphatic rings. The Bertz CT molecular complexity index is 485. The Balaban J connectivity index is 5.25. The molecule has 0 bridgehead atoms. The molecule has 0 N–H and O–H groups in total. The van der Waals surface area contributed by atoms with Crippen LogP contribution in [0.3, 0.4) is 0 Å². The van der Waals surface area contributed by atoms with Crippen LogP contribution in [0.5, 0.6) is 0 Å². The Morgan fingerprint density at radius 2 is 1.64 bits per heavy atom. The van der Waals surface area contributed by atoms with E-state index < -0.39 is 28.4 Å². The summed E-state index contributed by atoms with van der Waals surface area (Å²) in [7, 11) is -3.33. The molecular formula is C19H38O4Si2. The van der Waals surface area contributed by atoms with Gasteiger partial charge in [0.1, 0.15) is 6.29 Å². The Kier molecular flexibility index (Phi) is 9.01. The monoisotopic (exact) mass is 386 g/mol. The van der Waals surface area contributed by atoms with E-state index in [1.807, 2.05) is 13.8 Å². The van der Waals surface area contributed by atoms with E-state index in [1.165, 1.54) is 6.08 Å². The lowest BCUT2D eigenvalue weighted by Crippen LogP contribution is -2.47. The van der Waals surface area contributed by atoms with Gasteiger partial charge in [0.2, 0.25) is 0 Å². The molecule has 0 aromatic carbocycles. The van der Waals surface area contributed by atoms with Crippen LogP contribution < -0.4 is 0 Å². The summed E-state index contributed by atoms with van der Waals surface area (Å²) < 4.78 is 12.0. The van der Waals surface area contributed by atoms with Crippen molar-refractivity contribution in [1.29, 1.82) is 0 Å². The van der Waals surface area contributed by atoms with Gasteiger partial charge in [0.05, 0.1) is 18.6 Å². The summed E-state index contributed by atoms with van der Waals surface area (Å²) in [5.74, 6) is -0.687. The van der Waals surface area contributed by atoms with Gasteiger partial charge in [-0.1, -0.05) is 40.4 Å². The third kappa shape index (κ3) is 8.47. The predicted octanol–water partition coefficient (Wildman–Crippen LogP) is 5.04. The molecule has 0 saturated carbocycles. The van der Waals surface area contributed by atoms with Gasteiger partial charge in [0.25, 0.3) is 0 Å². The molecule has 25 heavy (non-hydrogen) atoms. The van der Waals surface area contributed by atoms with Crippen molar-refractivity contribution >= 4 is 28.6 Å². The van der Waals surface area contributed by atoms with Crippen LogP contribution in [0, 0.1) is 5.92 Å². The molecule has 0 heterocycles. The highest BCUT2D eigenvalue weighted by Crippen LogP contribution is 2.39. The zero-order valence-electron chi connectivity index (χ0n) is 17.9. The average molecular weight is 387 g/mol. The molecule has 0 aliphatic heterocycles. The molecule has 0 aromatic heterocycles. The van der Waals surface area contributed by atoms with E-state index in [4.69, 9.17) is 9.16 Å². The van der Waals surface area contributed by atoms with Gasteiger partial charge in [-0.25, -0.2) is 0 Å². The molecule has 6 heteroatoms. The molecule has 0 aliphatic carbocycles. The molecule has 2 atom stereocenters. The quantitative estimate of drug-likeness (QED) is 0.241. The summed E-state index contributed by atoms with van der Waals surface area (Å²) in [6, 6.07) is 0.947. The van der Waals surface area contributed by atoms with Crippen molar-refractivity contribution in [3.8, 4) is 0 Å². The highest BCUT2D eigenvalue weighted by atomic mass is 28.4. The minimum Gasteiger partial charge on any atom is -0.466 e. The summed E-state index contributed by atoms with van der Waals surface area (Å²) >= 11 is 0. The molecule has 0 radical (unpaired) electrons. The average Bonchev–Trinajstić information content (AvgIpc) is 2.41. The maximum Gasteiger partial charge on any atom is 0.311 e. The zero-order chi connectivity index (χ0) is 20.1. The number of aldehydes is 1. The molecule has 4 nitrogen and oxygen atoms in total. The van der Waals surface area contributed by atoms with E-state index in [9.17, 15) is 9.59 Å². The van der Waals surface area contributed by atoms with E-state index in [0.717, 1.165) is 17.9 Å². The topological polar surface area (TPSA) is 52.6 Å². The molecule has 0 fully saturated rings. The Morgan fingerprint density at radius 3 is 2.04 bits per heavy atom. The lowest BCUT2D eigenvalue weighted by Gasteiger charge is -2.40. The molecule has 0 saturated heterocycles. The first-order valence-electron chi connectivity index (χ1n) is 9.09. The number of esters is 1. The molecule has 146 valence electrons. The number of rotatable bonds is 9. The van der Waals surface area contributed by atoms with Gasteiger partial charge >= 0.3 is 5.97 Å². The Hall–Kier alpha value is -0.726. The maximum atomic E-state index is 12.5. The second-order valence-corrected chi connectivity index (χ2v) is 20.0. The normalized spacial score (nSPS) is 16.3. The summed E-state index contributed by atoms with van der Waals surface area (Å²) in [5.41, 5.74) is 0.773. The standard InChI is InChI=1S/C19H38O4Si2/c1-15(11-12-20)17(23-25(9,10)19(3,4)5)16(2)18(21)22-13-14-24(6,7)8/h11-12,16-17H,13-14H2,1-10H3/b15-11+/t16-,17-/m0/s1. The Morgan fingerprint density at radius 1 is 1.12 bits per heavy atom. The van der Waals surface area contributed by atoms with Crippen molar-refractivity contribution in [1.82, 2.24) is 0 Å². The summed E-state index contributed by atoms with van der Waals surface area (Å²) in [4.78, 5) is 23.5. The predicted molar refractivity (Wildman–Crippen MR) is 110 cm³/mol. The lowest BCUT2D eigenvalue weighted by molar-refractivity contribution is -0.150. The van der Waals surface area contributed by atoms with Gasteiger partial charge in [0, 0.05) is 8.07 Å². The first kappa shape index (κ1) is 24.3. The third-order valence-corrected chi connectivity index (χ3v) is 11.1.